The summed E-state index contributed by atoms with van der Waals surface area (Å²) in [6, 6.07) is 9.74. The average molecular weight is 471 g/mol. The molecule has 176 valence electrons. The lowest BCUT2D eigenvalue weighted by atomic mass is 10.1. The molecule has 1 aliphatic rings. The summed E-state index contributed by atoms with van der Waals surface area (Å²) >= 11 is 4.17. The standard InChI is InChI=1S/C13H23N3O.C12H8FNOS/c1-4-15-8-5-13(11(2)14-3)16-9-6-12(17)7-10-16;13-9-4-2-6-11(16)12(9)10-5-1-3-8(7-15)14-10/h4-5,8,11-12,14,17H,1,6-7,9-10H2,2-3H3;1-7,16H/b13-5+,15-8?;. The Morgan fingerprint density at radius 2 is 2.03 bits per heavy atom. The van der Waals surface area contributed by atoms with Crippen molar-refractivity contribution in [3.05, 3.63) is 72.5 Å². The van der Waals surface area contributed by atoms with E-state index in [0.717, 1.165) is 25.9 Å². The second-order valence-electron chi connectivity index (χ2n) is 7.50. The van der Waals surface area contributed by atoms with E-state index in [1.54, 1.807) is 36.5 Å². The lowest BCUT2D eigenvalue weighted by Crippen LogP contribution is -2.41. The number of carbonyl (C=O) groups is 1. The first-order chi connectivity index (χ1) is 15.9. The number of nitrogens with one attached hydrogen (secondary N) is 1. The lowest BCUT2D eigenvalue weighted by molar-refractivity contribution is 0.0942. The van der Waals surface area contributed by atoms with Gasteiger partial charge in [-0.3, -0.25) is 9.79 Å². The van der Waals surface area contributed by atoms with Gasteiger partial charge in [-0.1, -0.05) is 18.7 Å². The Kier molecular flexibility index (Phi) is 11.0. The number of likely N-dealkylation sites (N-methyl/N-ethyl adjacent to an activating group) is 1. The van der Waals surface area contributed by atoms with E-state index < -0.39 is 5.82 Å². The Morgan fingerprint density at radius 3 is 2.64 bits per heavy atom. The van der Waals surface area contributed by atoms with E-state index in [4.69, 9.17) is 0 Å². The minimum absolute atomic E-state index is 0.140. The van der Waals surface area contributed by atoms with Crippen molar-refractivity contribution >= 4 is 25.1 Å². The number of aromatic nitrogens is 1. The van der Waals surface area contributed by atoms with E-state index in [0.29, 0.717) is 22.4 Å². The van der Waals surface area contributed by atoms with E-state index in [1.165, 1.54) is 18.0 Å². The van der Waals surface area contributed by atoms with Crippen molar-refractivity contribution in [2.45, 2.75) is 36.8 Å². The van der Waals surface area contributed by atoms with Crippen LogP contribution in [0.4, 0.5) is 4.39 Å². The van der Waals surface area contributed by atoms with Gasteiger partial charge in [0.05, 0.1) is 11.8 Å². The molecule has 2 aromatic rings. The molecule has 0 aliphatic carbocycles. The quantitative estimate of drug-likeness (QED) is 0.322. The molecular formula is C25H31FN4O2S. The third-order valence-corrected chi connectivity index (χ3v) is 5.65. The predicted octanol–water partition coefficient (Wildman–Crippen LogP) is 4.14. The van der Waals surface area contributed by atoms with Crippen LogP contribution in [-0.2, 0) is 0 Å². The number of aliphatic hydroxyl groups is 1. The van der Waals surface area contributed by atoms with Gasteiger partial charge in [0.15, 0.2) is 6.29 Å². The number of benzene rings is 1. The number of rotatable bonds is 7. The normalized spacial score (nSPS) is 15.7. The zero-order valence-corrected chi connectivity index (χ0v) is 19.9. The Morgan fingerprint density at radius 1 is 1.33 bits per heavy atom. The predicted molar refractivity (Wildman–Crippen MR) is 134 cm³/mol. The zero-order valence-electron chi connectivity index (χ0n) is 19.0. The van der Waals surface area contributed by atoms with Crippen molar-refractivity contribution in [2.24, 2.45) is 4.99 Å². The highest BCUT2D eigenvalue weighted by Crippen LogP contribution is 2.27. The molecule has 1 aromatic heterocycles. The summed E-state index contributed by atoms with van der Waals surface area (Å²) in [5.74, 6) is -0.400. The van der Waals surface area contributed by atoms with Crippen molar-refractivity contribution in [3.63, 3.8) is 0 Å². The van der Waals surface area contributed by atoms with Crippen LogP contribution in [0.15, 0.2) is 70.8 Å². The summed E-state index contributed by atoms with van der Waals surface area (Å²) < 4.78 is 13.6. The van der Waals surface area contributed by atoms with Crippen LogP contribution in [0.2, 0.25) is 0 Å². The van der Waals surface area contributed by atoms with Crippen LogP contribution in [0.1, 0.15) is 30.3 Å². The van der Waals surface area contributed by atoms with Crippen molar-refractivity contribution in [1.82, 2.24) is 15.2 Å². The van der Waals surface area contributed by atoms with Gasteiger partial charge in [0.2, 0.25) is 0 Å². The molecule has 0 radical (unpaired) electrons. The number of piperidine rings is 1. The molecule has 2 heterocycles. The van der Waals surface area contributed by atoms with Crippen molar-refractivity contribution in [1.29, 1.82) is 0 Å². The number of likely N-dealkylation sites (tertiary alicyclic amines) is 1. The molecule has 1 saturated heterocycles. The van der Waals surface area contributed by atoms with Gasteiger partial charge in [-0.15, -0.1) is 12.6 Å². The van der Waals surface area contributed by atoms with Crippen molar-refractivity contribution < 1.29 is 14.3 Å². The smallest absolute Gasteiger partial charge is 0.168 e. The second-order valence-corrected chi connectivity index (χ2v) is 7.98. The van der Waals surface area contributed by atoms with Gasteiger partial charge in [-0.25, -0.2) is 9.37 Å². The SMILES string of the molecule is C=CN=C/C=C(\C(C)NC)N1CCC(O)CC1.O=Cc1cccc(-c2c(F)cccc2S)n1. The summed E-state index contributed by atoms with van der Waals surface area (Å²) in [4.78, 5) is 21.4. The van der Waals surface area contributed by atoms with Gasteiger partial charge in [0, 0.05) is 47.7 Å². The van der Waals surface area contributed by atoms with Gasteiger partial charge in [0.1, 0.15) is 11.5 Å². The molecule has 0 spiro atoms. The molecule has 0 saturated carbocycles. The Bertz CT molecular complexity index is 968. The first-order valence-electron chi connectivity index (χ1n) is 10.8. The van der Waals surface area contributed by atoms with Crippen LogP contribution >= 0.6 is 12.6 Å². The highest BCUT2D eigenvalue weighted by molar-refractivity contribution is 7.80. The fourth-order valence-electron chi connectivity index (χ4n) is 3.40. The third-order valence-electron chi connectivity index (χ3n) is 5.28. The fraction of sp³-hybridized carbons (Fsp3) is 0.320. The summed E-state index contributed by atoms with van der Waals surface area (Å²) in [5.41, 5.74) is 2.21. The number of hydrogen-bond acceptors (Lipinski definition) is 7. The van der Waals surface area contributed by atoms with Gasteiger partial charge in [0.25, 0.3) is 0 Å². The molecule has 1 aliphatic heterocycles. The maximum absolute atomic E-state index is 13.6. The van der Waals surface area contributed by atoms with E-state index in [9.17, 15) is 14.3 Å². The van der Waals surface area contributed by atoms with Crippen LogP contribution in [0.5, 0.6) is 0 Å². The minimum atomic E-state index is -0.400. The molecule has 33 heavy (non-hydrogen) atoms. The number of aliphatic imine (C=N–C) groups is 1. The summed E-state index contributed by atoms with van der Waals surface area (Å²) in [6.07, 6.45) is 7.47. The monoisotopic (exact) mass is 470 g/mol. The van der Waals surface area contributed by atoms with E-state index in [1.807, 2.05) is 13.1 Å². The first-order valence-corrected chi connectivity index (χ1v) is 11.2. The lowest BCUT2D eigenvalue weighted by Gasteiger charge is -2.35. The van der Waals surface area contributed by atoms with Crippen LogP contribution in [0.25, 0.3) is 11.3 Å². The Balaban J connectivity index is 0.000000234. The summed E-state index contributed by atoms with van der Waals surface area (Å²) in [5, 5.41) is 12.8. The Labute approximate surface area is 200 Å². The van der Waals surface area contributed by atoms with Crippen molar-refractivity contribution in [2.75, 3.05) is 20.1 Å². The largest absolute Gasteiger partial charge is 0.393 e. The molecule has 3 rings (SSSR count). The molecule has 0 amide bonds. The van der Waals surface area contributed by atoms with Crippen LogP contribution in [0.3, 0.4) is 0 Å². The van der Waals surface area contributed by atoms with Gasteiger partial charge in [-0.05, 0) is 57.2 Å². The van der Waals surface area contributed by atoms with Gasteiger partial charge >= 0.3 is 0 Å². The highest BCUT2D eigenvalue weighted by atomic mass is 32.1. The zero-order chi connectivity index (χ0) is 24.2. The Hall–Kier alpha value is -2.81. The number of allylic oxidation sites excluding steroid dienone is 1. The number of aliphatic hydroxyl groups excluding tert-OH is 1. The molecule has 1 aromatic carbocycles. The molecule has 1 fully saturated rings. The summed E-state index contributed by atoms with van der Waals surface area (Å²) in [7, 11) is 1.95. The molecular weight excluding hydrogens is 439 g/mol. The molecule has 2 N–H and O–H groups in total. The molecule has 1 unspecified atom stereocenters. The molecule has 1 atom stereocenters. The van der Waals surface area contributed by atoms with Crippen molar-refractivity contribution in [3.8, 4) is 11.3 Å². The van der Waals surface area contributed by atoms with E-state index in [2.05, 4.69) is 46.3 Å². The number of thiol groups is 1. The van der Waals surface area contributed by atoms with E-state index >= 15 is 0 Å². The van der Waals surface area contributed by atoms with Crippen LogP contribution in [0, 0.1) is 5.82 Å². The minimum Gasteiger partial charge on any atom is -0.393 e. The topological polar surface area (TPSA) is 77.8 Å². The number of carbonyl (C=O) groups excluding carboxylic acids is 1. The molecule has 8 heteroatoms. The summed E-state index contributed by atoms with van der Waals surface area (Å²) in [6.45, 7) is 7.49. The second kappa shape index (κ2) is 13.7. The number of hydrogen-bond donors (Lipinski definition) is 3. The van der Waals surface area contributed by atoms with Crippen LogP contribution in [-0.4, -0.2) is 59.8 Å². The highest BCUT2D eigenvalue weighted by Gasteiger charge is 2.21. The first kappa shape index (κ1) is 26.4. The number of halogens is 1. The van der Waals surface area contributed by atoms with E-state index in [-0.39, 0.29) is 17.8 Å². The van der Waals surface area contributed by atoms with Crippen LogP contribution < -0.4 is 5.32 Å². The molecule has 6 nitrogen and oxygen atoms in total. The molecule has 0 bridgehead atoms. The van der Waals surface area contributed by atoms with Gasteiger partial charge < -0.3 is 15.3 Å². The number of pyridine rings is 1. The average Bonchev–Trinajstić information content (AvgIpc) is 2.83. The van der Waals surface area contributed by atoms with Gasteiger partial charge in [-0.2, -0.15) is 0 Å². The maximum Gasteiger partial charge on any atom is 0.168 e. The maximum atomic E-state index is 13.6. The third kappa shape index (κ3) is 7.92. The fourth-order valence-corrected chi connectivity index (χ4v) is 3.71. The number of aldehydes is 1. The number of nitrogens with zero attached hydrogens (tertiary/aromatic N) is 3.